The number of ether oxygens (including phenoxy) is 2. The quantitative estimate of drug-likeness (QED) is 0.265. The van der Waals surface area contributed by atoms with Gasteiger partial charge in [-0.15, -0.1) is 0 Å². The number of anilines is 2. The van der Waals surface area contributed by atoms with Crippen LogP contribution >= 0.6 is 23.2 Å². The van der Waals surface area contributed by atoms with Gasteiger partial charge >= 0.3 is 0 Å². The van der Waals surface area contributed by atoms with Crippen LogP contribution in [0, 0.1) is 0 Å². The molecule has 0 aliphatic heterocycles. The van der Waals surface area contributed by atoms with Gasteiger partial charge in [0.15, 0.2) is 0 Å². The van der Waals surface area contributed by atoms with Crippen LogP contribution in [0.3, 0.4) is 0 Å². The van der Waals surface area contributed by atoms with Crippen LogP contribution in [0.4, 0.5) is 11.6 Å². The summed E-state index contributed by atoms with van der Waals surface area (Å²) in [6, 6.07) is 5.52. The summed E-state index contributed by atoms with van der Waals surface area (Å²) in [7, 11) is 8.97. The van der Waals surface area contributed by atoms with E-state index in [9.17, 15) is 0 Å². The zero-order valence-electron chi connectivity index (χ0n) is 23.8. The van der Waals surface area contributed by atoms with Crippen molar-refractivity contribution in [2.24, 2.45) is 0 Å². The Balaban J connectivity index is 0.000000874. The van der Waals surface area contributed by atoms with E-state index in [1.54, 1.807) is 26.5 Å². The molecule has 2 heterocycles. The Bertz CT molecular complexity index is 1080. The van der Waals surface area contributed by atoms with E-state index in [0.29, 0.717) is 32.8 Å². The average Bonchev–Trinajstić information content (AvgIpc) is 2.90. The average molecular weight is 553 g/mol. The highest BCUT2D eigenvalue weighted by atomic mass is 35.5. The number of unbranched alkanes of at least 4 members (excludes halogenated alkanes) is 2. The number of benzene rings is 1. The van der Waals surface area contributed by atoms with Crippen molar-refractivity contribution in [2.45, 2.75) is 47.0 Å². The maximum absolute atomic E-state index is 6.62. The van der Waals surface area contributed by atoms with Gasteiger partial charge in [-0.25, -0.2) is 9.97 Å². The number of fused-ring (bicyclic) bond motifs is 1. The number of hydrogen-bond donors (Lipinski definition) is 2. The van der Waals surface area contributed by atoms with E-state index in [-0.39, 0.29) is 0 Å². The minimum absolute atomic E-state index is 0.370. The van der Waals surface area contributed by atoms with E-state index in [1.807, 2.05) is 47.1 Å². The van der Waals surface area contributed by atoms with Crippen LogP contribution in [0.15, 0.2) is 24.4 Å². The Labute approximate surface area is 232 Å². The first-order valence-electron chi connectivity index (χ1n) is 12.8. The van der Waals surface area contributed by atoms with Gasteiger partial charge in [-0.1, -0.05) is 70.2 Å². The fourth-order valence-corrected chi connectivity index (χ4v) is 4.10. The second-order valence-electron chi connectivity index (χ2n) is 8.26. The molecule has 0 aliphatic carbocycles. The lowest BCUT2D eigenvalue weighted by atomic mass is 10.1. The summed E-state index contributed by atoms with van der Waals surface area (Å²) in [5.74, 6) is 2.39. The molecule has 3 aromatic rings. The monoisotopic (exact) mass is 551 g/mol. The highest BCUT2D eigenvalue weighted by molar-refractivity contribution is 6.41. The normalized spacial score (nSPS) is 10.3. The molecule has 3 rings (SSSR count). The third-order valence-corrected chi connectivity index (χ3v) is 6.11. The van der Waals surface area contributed by atoms with Gasteiger partial charge in [0.2, 0.25) is 0 Å². The maximum Gasteiger partial charge on any atom is 0.141 e. The Morgan fingerprint density at radius 1 is 0.946 bits per heavy atom. The molecule has 1 aromatic carbocycles. The lowest BCUT2D eigenvalue weighted by Crippen LogP contribution is -2.21. The highest BCUT2D eigenvalue weighted by Crippen LogP contribution is 2.46. The first kappa shape index (κ1) is 32.5. The summed E-state index contributed by atoms with van der Waals surface area (Å²) >= 11 is 13.2. The SMILES string of the molecule is CC.CCCCC.CNc1cc2c(NCCN(C)C)nc(-c3c(Cl)c(OC)cc(OC)c3Cl)cc2cn1. The molecular formula is C28H43Cl2N5O2. The van der Waals surface area contributed by atoms with Gasteiger partial charge in [0.05, 0.1) is 30.0 Å². The first-order valence-corrected chi connectivity index (χ1v) is 13.5. The number of halogens is 2. The van der Waals surface area contributed by atoms with Gasteiger partial charge in [0.1, 0.15) is 23.1 Å². The highest BCUT2D eigenvalue weighted by Gasteiger charge is 2.21. The second-order valence-corrected chi connectivity index (χ2v) is 9.02. The largest absolute Gasteiger partial charge is 0.495 e. The zero-order valence-corrected chi connectivity index (χ0v) is 25.3. The molecule has 7 nitrogen and oxygen atoms in total. The Kier molecular flexibility index (Phi) is 15.0. The summed E-state index contributed by atoms with van der Waals surface area (Å²) in [6.07, 6.45) is 5.87. The van der Waals surface area contributed by atoms with Gasteiger partial charge in [-0.2, -0.15) is 0 Å². The lowest BCUT2D eigenvalue weighted by molar-refractivity contribution is 0.395. The first-order chi connectivity index (χ1) is 17.8. The fraction of sp³-hybridized carbons (Fsp3) is 0.500. The van der Waals surface area contributed by atoms with Gasteiger partial charge in [0, 0.05) is 48.7 Å². The van der Waals surface area contributed by atoms with Crippen LogP contribution < -0.4 is 20.1 Å². The van der Waals surface area contributed by atoms with Crippen molar-refractivity contribution in [3.63, 3.8) is 0 Å². The molecule has 0 saturated heterocycles. The number of hydrogen-bond acceptors (Lipinski definition) is 7. The predicted octanol–water partition coefficient (Wildman–Crippen LogP) is 7.86. The van der Waals surface area contributed by atoms with Crippen molar-refractivity contribution >= 4 is 45.6 Å². The van der Waals surface area contributed by atoms with Crippen molar-refractivity contribution in [1.82, 2.24) is 14.9 Å². The molecule has 0 saturated carbocycles. The Morgan fingerprint density at radius 2 is 1.54 bits per heavy atom. The summed E-state index contributed by atoms with van der Waals surface area (Å²) < 4.78 is 10.8. The molecule has 37 heavy (non-hydrogen) atoms. The van der Waals surface area contributed by atoms with Crippen LogP contribution in [0.2, 0.25) is 10.0 Å². The second kappa shape index (κ2) is 17.1. The molecule has 0 amide bonds. The summed E-state index contributed by atoms with van der Waals surface area (Å²) in [5, 5.41) is 9.07. The van der Waals surface area contributed by atoms with E-state index in [0.717, 1.165) is 35.5 Å². The third-order valence-electron chi connectivity index (χ3n) is 5.36. The fourth-order valence-electron chi connectivity index (χ4n) is 3.41. The zero-order chi connectivity index (χ0) is 28.0. The smallest absolute Gasteiger partial charge is 0.141 e. The summed E-state index contributed by atoms with van der Waals surface area (Å²) in [6.45, 7) is 10.00. The van der Waals surface area contributed by atoms with E-state index in [1.165, 1.54) is 19.3 Å². The molecule has 0 fully saturated rings. The molecule has 2 N–H and O–H groups in total. The molecule has 0 radical (unpaired) electrons. The number of nitrogens with one attached hydrogen (secondary N) is 2. The number of nitrogens with zero attached hydrogens (tertiary/aromatic N) is 3. The van der Waals surface area contributed by atoms with Crippen LogP contribution in [0.25, 0.3) is 22.0 Å². The van der Waals surface area contributed by atoms with Crippen molar-refractivity contribution < 1.29 is 9.47 Å². The van der Waals surface area contributed by atoms with Gasteiger partial charge < -0.3 is 25.0 Å². The van der Waals surface area contributed by atoms with Crippen molar-refractivity contribution in [3.05, 3.63) is 34.4 Å². The molecule has 0 bridgehead atoms. The van der Waals surface area contributed by atoms with Crippen LogP contribution in [-0.2, 0) is 0 Å². The predicted molar refractivity (Wildman–Crippen MR) is 161 cm³/mol. The van der Waals surface area contributed by atoms with E-state index >= 15 is 0 Å². The lowest BCUT2D eigenvalue weighted by Gasteiger charge is -2.17. The Morgan fingerprint density at radius 3 is 2.00 bits per heavy atom. The van der Waals surface area contributed by atoms with Crippen molar-refractivity contribution in [1.29, 1.82) is 0 Å². The molecule has 0 atom stereocenters. The van der Waals surface area contributed by atoms with Crippen LogP contribution in [0.5, 0.6) is 11.5 Å². The molecule has 206 valence electrons. The molecule has 0 unspecified atom stereocenters. The number of aromatic nitrogens is 2. The molecule has 0 aliphatic rings. The van der Waals surface area contributed by atoms with Gasteiger partial charge in [0.25, 0.3) is 0 Å². The number of methoxy groups -OCH3 is 2. The standard InChI is InChI=1S/C21H25Cl2N5O2.C5H12.C2H6/c1-24-17-9-13-12(11-26-17)8-14(27-21(13)25-6-7-28(2)3)18-19(22)15(29-4)10-16(30-5)20(18)23;1-3-5-4-2;1-2/h8-11H,6-7H2,1-5H3,(H,24,26)(H,25,27);3-5H2,1-2H3;1-2H3. The number of pyridine rings is 2. The molecule has 9 heteroatoms. The molecule has 0 spiro atoms. The minimum atomic E-state index is 0.370. The molecular weight excluding hydrogens is 509 g/mol. The van der Waals surface area contributed by atoms with Crippen molar-refractivity contribution in [3.8, 4) is 22.8 Å². The van der Waals surface area contributed by atoms with E-state index in [4.69, 9.17) is 37.7 Å². The topological polar surface area (TPSA) is 71.5 Å². The van der Waals surface area contributed by atoms with Crippen LogP contribution in [-0.4, -0.2) is 63.3 Å². The summed E-state index contributed by atoms with van der Waals surface area (Å²) in [5.41, 5.74) is 1.14. The van der Waals surface area contributed by atoms with Crippen LogP contribution in [0.1, 0.15) is 47.0 Å². The van der Waals surface area contributed by atoms with E-state index in [2.05, 4.69) is 34.4 Å². The summed E-state index contributed by atoms with van der Waals surface area (Å²) in [4.78, 5) is 11.4. The van der Waals surface area contributed by atoms with Gasteiger partial charge in [-0.05, 0) is 26.2 Å². The maximum atomic E-state index is 6.62. The van der Waals surface area contributed by atoms with Crippen molar-refractivity contribution in [2.75, 3.05) is 59.1 Å². The van der Waals surface area contributed by atoms with E-state index < -0.39 is 0 Å². The third kappa shape index (κ3) is 9.09. The number of rotatable bonds is 10. The Hall–Kier alpha value is -2.48. The van der Waals surface area contributed by atoms with Gasteiger partial charge in [-0.3, -0.25) is 0 Å². The number of likely N-dealkylation sites (N-methyl/N-ethyl adjacent to an activating group) is 1. The molecule has 2 aromatic heterocycles. The minimum Gasteiger partial charge on any atom is -0.495 e.